The monoisotopic (exact) mass is 324 g/mol. The van der Waals surface area contributed by atoms with Gasteiger partial charge in [0.2, 0.25) is 5.91 Å². The molecule has 0 saturated heterocycles. The molecule has 0 spiro atoms. The number of rotatable bonds is 6. The zero-order chi connectivity index (χ0) is 17.7. The summed E-state index contributed by atoms with van der Waals surface area (Å²) in [6.07, 6.45) is 0. The molecule has 0 aliphatic carbocycles. The Bertz CT molecular complexity index is 723. The first-order valence-corrected chi connectivity index (χ1v) is 8.05. The molecule has 1 amide bonds. The number of Topliss-reactive ketones (excluding diaryl/α,β-unsaturated/α-hetero) is 1. The van der Waals surface area contributed by atoms with E-state index in [9.17, 15) is 9.59 Å². The average molecular weight is 324 g/mol. The SMILES string of the molecule is CC(=O)c1ccc(NC(=O)[C@H](C)N(C)Cc2ccccc2C)cc1. The predicted molar refractivity (Wildman–Crippen MR) is 97.2 cm³/mol. The smallest absolute Gasteiger partial charge is 0.241 e. The standard InChI is InChI=1S/C20H24N2O2/c1-14-7-5-6-8-18(14)13-22(4)15(2)20(24)21-19-11-9-17(10-12-19)16(3)23/h5-12,15H,13H2,1-4H3,(H,21,24)/t15-/m0/s1. The second-order valence-electron chi connectivity index (χ2n) is 6.14. The third-order valence-corrected chi connectivity index (χ3v) is 4.28. The van der Waals surface area contributed by atoms with Crippen molar-refractivity contribution in [1.29, 1.82) is 0 Å². The quantitative estimate of drug-likeness (QED) is 0.825. The minimum absolute atomic E-state index is 0.0132. The summed E-state index contributed by atoms with van der Waals surface area (Å²) >= 11 is 0. The molecule has 1 N–H and O–H groups in total. The molecule has 0 radical (unpaired) electrons. The fourth-order valence-electron chi connectivity index (χ4n) is 2.43. The number of ketones is 1. The van der Waals surface area contributed by atoms with Crippen LogP contribution < -0.4 is 5.32 Å². The van der Waals surface area contributed by atoms with Crippen molar-refractivity contribution in [2.75, 3.05) is 12.4 Å². The van der Waals surface area contributed by atoms with Crippen molar-refractivity contribution in [3.05, 3.63) is 65.2 Å². The van der Waals surface area contributed by atoms with E-state index in [0.29, 0.717) is 17.8 Å². The summed E-state index contributed by atoms with van der Waals surface area (Å²) in [7, 11) is 1.94. The van der Waals surface area contributed by atoms with Gasteiger partial charge in [-0.2, -0.15) is 0 Å². The van der Waals surface area contributed by atoms with E-state index in [-0.39, 0.29) is 17.7 Å². The van der Waals surface area contributed by atoms with Gasteiger partial charge >= 0.3 is 0 Å². The maximum Gasteiger partial charge on any atom is 0.241 e. The first-order valence-electron chi connectivity index (χ1n) is 8.05. The molecule has 1 atom stereocenters. The third kappa shape index (κ3) is 4.52. The number of hydrogen-bond acceptors (Lipinski definition) is 3. The lowest BCUT2D eigenvalue weighted by Gasteiger charge is -2.24. The summed E-state index contributed by atoms with van der Waals surface area (Å²) in [5.41, 5.74) is 3.76. The summed E-state index contributed by atoms with van der Waals surface area (Å²) in [4.78, 5) is 25.7. The lowest BCUT2D eigenvalue weighted by atomic mass is 10.1. The van der Waals surface area contributed by atoms with Gasteiger partial charge in [0.1, 0.15) is 0 Å². The zero-order valence-corrected chi connectivity index (χ0v) is 14.7. The normalized spacial score (nSPS) is 12.0. The maximum absolute atomic E-state index is 12.4. The van der Waals surface area contributed by atoms with Crippen LogP contribution in [0.5, 0.6) is 0 Å². The summed E-state index contributed by atoms with van der Waals surface area (Å²) in [6.45, 7) is 6.20. The number of aryl methyl sites for hydroxylation is 1. The molecule has 0 unspecified atom stereocenters. The minimum atomic E-state index is -0.267. The van der Waals surface area contributed by atoms with Gasteiger partial charge in [-0.15, -0.1) is 0 Å². The topological polar surface area (TPSA) is 49.4 Å². The second-order valence-corrected chi connectivity index (χ2v) is 6.14. The van der Waals surface area contributed by atoms with E-state index in [1.165, 1.54) is 18.1 Å². The third-order valence-electron chi connectivity index (χ3n) is 4.28. The van der Waals surface area contributed by atoms with Crippen LogP contribution >= 0.6 is 0 Å². The molecule has 0 aliphatic rings. The Morgan fingerprint density at radius 2 is 1.71 bits per heavy atom. The van der Waals surface area contributed by atoms with E-state index in [0.717, 1.165) is 0 Å². The van der Waals surface area contributed by atoms with E-state index in [4.69, 9.17) is 0 Å². The summed E-state index contributed by atoms with van der Waals surface area (Å²) in [6, 6.07) is 14.9. The van der Waals surface area contributed by atoms with E-state index in [1.54, 1.807) is 24.3 Å². The molecule has 2 aromatic rings. The Labute approximate surface area is 143 Å². The molecular formula is C20H24N2O2. The molecule has 0 bridgehead atoms. The van der Waals surface area contributed by atoms with Crippen LogP contribution in [0.3, 0.4) is 0 Å². The highest BCUT2D eigenvalue weighted by Crippen LogP contribution is 2.14. The number of anilines is 1. The molecule has 2 rings (SSSR count). The van der Waals surface area contributed by atoms with E-state index < -0.39 is 0 Å². The molecule has 0 aliphatic heterocycles. The molecular weight excluding hydrogens is 300 g/mol. The van der Waals surface area contributed by atoms with Gasteiger partial charge in [0.15, 0.2) is 5.78 Å². The molecule has 126 valence electrons. The van der Waals surface area contributed by atoms with Gasteiger partial charge in [-0.1, -0.05) is 24.3 Å². The van der Waals surface area contributed by atoms with E-state index in [2.05, 4.69) is 24.4 Å². The van der Waals surface area contributed by atoms with Crippen molar-refractivity contribution in [2.24, 2.45) is 0 Å². The van der Waals surface area contributed by atoms with Crippen molar-refractivity contribution in [3.8, 4) is 0 Å². The number of hydrogen-bond donors (Lipinski definition) is 1. The molecule has 0 fully saturated rings. The zero-order valence-electron chi connectivity index (χ0n) is 14.7. The number of benzene rings is 2. The van der Waals surface area contributed by atoms with Crippen molar-refractivity contribution >= 4 is 17.4 Å². The van der Waals surface area contributed by atoms with Gasteiger partial charge in [-0.3, -0.25) is 14.5 Å². The van der Waals surface area contributed by atoms with Gasteiger partial charge in [0.05, 0.1) is 6.04 Å². The van der Waals surface area contributed by atoms with Crippen LogP contribution in [-0.2, 0) is 11.3 Å². The van der Waals surface area contributed by atoms with E-state index in [1.807, 2.05) is 31.0 Å². The van der Waals surface area contributed by atoms with Crippen LogP contribution in [0, 0.1) is 6.92 Å². The van der Waals surface area contributed by atoms with Crippen molar-refractivity contribution < 1.29 is 9.59 Å². The predicted octanol–water partition coefficient (Wildman–Crippen LogP) is 3.66. The minimum Gasteiger partial charge on any atom is -0.325 e. The number of amides is 1. The van der Waals surface area contributed by atoms with Gasteiger partial charge in [-0.25, -0.2) is 0 Å². The van der Waals surface area contributed by atoms with Gasteiger partial charge < -0.3 is 5.32 Å². The Balaban J connectivity index is 1.98. The van der Waals surface area contributed by atoms with Crippen molar-refractivity contribution in [1.82, 2.24) is 4.90 Å². The highest BCUT2D eigenvalue weighted by atomic mass is 16.2. The maximum atomic E-state index is 12.4. The number of carbonyl (C=O) groups is 2. The lowest BCUT2D eigenvalue weighted by Crippen LogP contribution is -2.39. The number of carbonyl (C=O) groups excluding carboxylic acids is 2. The van der Waals surface area contributed by atoms with Crippen molar-refractivity contribution in [3.63, 3.8) is 0 Å². The molecule has 4 nitrogen and oxygen atoms in total. The molecule has 0 heterocycles. The van der Waals surface area contributed by atoms with Crippen LogP contribution in [0.25, 0.3) is 0 Å². The van der Waals surface area contributed by atoms with Crippen LogP contribution in [0.15, 0.2) is 48.5 Å². The Morgan fingerprint density at radius 1 is 1.08 bits per heavy atom. The molecule has 2 aromatic carbocycles. The summed E-state index contributed by atoms with van der Waals surface area (Å²) in [5, 5.41) is 2.90. The van der Waals surface area contributed by atoms with Crippen LogP contribution in [-0.4, -0.2) is 29.7 Å². The number of nitrogens with one attached hydrogen (secondary N) is 1. The first-order chi connectivity index (χ1) is 11.4. The average Bonchev–Trinajstić information content (AvgIpc) is 2.56. The summed E-state index contributed by atoms with van der Waals surface area (Å²) in [5.74, 6) is -0.0548. The van der Waals surface area contributed by atoms with Gasteiger partial charge in [0, 0.05) is 17.8 Å². The fraction of sp³-hybridized carbons (Fsp3) is 0.300. The first kappa shape index (κ1) is 17.9. The Hall–Kier alpha value is -2.46. The van der Waals surface area contributed by atoms with Gasteiger partial charge in [-0.05, 0) is 63.2 Å². The van der Waals surface area contributed by atoms with E-state index >= 15 is 0 Å². The molecule has 0 saturated carbocycles. The molecule has 4 heteroatoms. The number of nitrogens with zero attached hydrogens (tertiary/aromatic N) is 1. The van der Waals surface area contributed by atoms with Crippen LogP contribution in [0.2, 0.25) is 0 Å². The Kier molecular flexibility index (Phi) is 5.88. The second kappa shape index (κ2) is 7.88. The molecule has 0 aromatic heterocycles. The number of likely N-dealkylation sites (N-methyl/N-ethyl adjacent to an activating group) is 1. The van der Waals surface area contributed by atoms with Gasteiger partial charge in [0.25, 0.3) is 0 Å². The lowest BCUT2D eigenvalue weighted by molar-refractivity contribution is -0.120. The summed E-state index contributed by atoms with van der Waals surface area (Å²) < 4.78 is 0. The largest absolute Gasteiger partial charge is 0.325 e. The highest BCUT2D eigenvalue weighted by molar-refractivity contribution is 5.96. The Morgan fingerprint density at radius 3 is 2.29 bits per heavy atom. The highest BCUT2D eigenvalue weighted by Gasteiger charge is 2.18. The van der Waals surface area contributed by atoms with Crippen molar-refractivity contribution in [2.45, 2.75) is 33.4 Å². The van der Waals surface area contributed by atoms with Crippen LogP contribution in [0.1, 0.15) is 35.3 Å². The van der Waals surface area contributed by atoms with Crippen LogP contribution in [0.4, 0.5) is 5.69 Å². The molecule has 24 heavy (non-hydrogen) atoms. The fourth-order valence-corrected chi connectivity index (χ4v) is 2.43.